The third-order valence-electron chi connectivity index (χ3n) is 4.20. The normalized spacial score (nSPS) is 13.5. The molecular formula is C19H33NO. The predicted octanol–water partition coefficient (Wildman–Crippen LogP) is 4.92. The van der Waals surface area contributed by atoms with Crippen molar-refractivity contribution in [3.8, 4) is 5.75 Å². The Kier molecular flexibility index (Phi) is 7.24. The third-order valence-corrected chi connectivity index (χ3v) is 4.20. The van der Waals surface area contributed by atoms with Gasteiger partial charge in [0.15, 0.2) is 0 Å². The molecule has 0 bridgehead atoms. The molecule has 1 N–H and O–H groups in total. The number of benzene rings is 1. The maximum Gasteiger partial charge on any atom is 0.119 e. The van der Waals surface area contributed by atoms with Crippen LogP contribution in [0.2, 0.25) is 0 Å². The first kappa shape index (κ1) is 18.0. The minimum Gasteiger partial charge on any atom is -0.491 e. The van der Waals surface area contributed by atoms with Gasteiger partial charge >= 0.3 is 0 Å². The average molecular weight is 291 g/mol. The van der Waals surface area contributed by atoms with Crippen molar-refractivity contribution in [3.63, 3.8) is 0 Å². The van der Waals surface area contributed by atoms with E-state index in [9.17, 15) is 0 Å². The van der Waals surface area contributed by atoms with Crippen LogP contribution >= 0.6 is 0 Å². The van der Waals surface area contributed by atoms with Gasteiger partial charge in [-0.25, -0.2) is 0 Å². The van der Waals surface area contributed by atoms with Crippen LogP contribution in [0.4, 0.5) is 0 Å². The third kappa shape index (κ3) is 6.52. The van der Waals surface area contributed by atoms with Gasteiger partial charge in [0, 0.05) is 6.04 Å². The Labute approximate surface area is 131 Å². The Bertz CT molecular complexity index is 395. The number of rotatable bonds is 9. The fourth-order valence-electron chi connectivity index (χ4n) is 2.26. The lowest BCUT2D eigenvalue weighted by molar-refractivity contribution is 0.207. The molecule has 1 unspecified atom stereocenters. The summed E-state index contributed by atoms with van der Waals surface area (Å²) in [6.07, 6.45) is 3.65. The molecule has 0 aliphatic carbocycles. The molecule has 1 atom stereocenters. The molecule has 0 saturated heterocycles. The second-order valence-electron chi connectivity index (χ2n) is 6.94. The minimum atomic E-state index is 0.243. The second-order valence-corrected chi connectivity index (χ2v) is 6.94. The van der Waals surface area contributed by atoms with Gasteiger partial charge in [-0.05, 0) is 55.8 Å². The average Bonchev–Trinajstić information content (AvgIpc) is 2.44. The largest absolute Gasteiger partial charge is 0.491 e. The smallest absolute Gasteiger partial charge is 0.119 e. The topological polar surface area (TPSA) is 21.3 Å². The van der Waals surface area contributed by atoms with Gasteiger partial charge < -0.3 is 10.1 Å². The van der Waals surface area contributed by atoms with Crippen molar-refractivity contribution < 1.29 is 4.74 Å². The van der Waals surface area contributed by atoms with Crippen molar-refractivity contribution in [2.24, 2.45) is 0 Å². The van der Waals surface area contributed by atoms with Crippen molar-refractivity contribution in [2.75, 3.05) is 6.54 Å². The van der Waals surface area contributed by atoms with Crippen LogP contribution in [0.3, 0.4) is 0 Å². The van der Waals surface area contributed by atoms with Crippen molar-refractivity contribution >= 4 is 0 Å². The van der Waals surface area contributed by atoms with Crippen LogP contribution in [0, 0.1) is 0 Å². The van der Waals surface area contributed by atoms with Crippen LogP contribution < -0.4 is 10.1 Å². The van der Waals surface area contributed by atoms with E-state index in [0.717, 1.165) is 31.6 Å². The van der Waals surface area contributed by atoms with Gasteiger partial charge in [0.25, 0.3) is 0 Å². The first-order valence-corrected chi connectivity index (χ1v) is 8.35. The predicted molar refractivity (Wildman–Crippen MR) is 92.2 cm³/mol. The fraction of sp³-hybridized carbons (Fsp3) is 0.684. The van der Waals surface area contributed by atoms with Gasteiger partial charge in [-0.15, -0.1) is 0 Å². The van der Waals surface area contributed by atoms with Crippen molar-refractivity contribution in [2.45, 2.75) is 78.4 Å². The molecule has 120 valence electrons. The summed E-state index contributed by atoms with van der Waals surface area (Å²) in [5.74, 6) is 0.981. The summed E-state index contributed by atoms with van der Waals surface area (Å²) in [4.78, 5) is 0. The molecule has 0 aliphatic rings. The van der Waals surface area contributed by atoms with Crippen LogP contribution in [0.1, 0.15) is 66.4 Å². The number of nitrogens with one attached hydrogen (secondary N) is 1. The molecule has 2 heteroatoms. The molecule has 21 heavy (non-hydrogen) atoms. The maximum absolute atomic E-state index is 5.99. The molecule has 0 amide bonds. The highest BCUT2D eigenvalue weighted by Gasteiger charge is 2.17. The summed E-state index contributed by atoms with van der Waals surface area (Å²) in [5.41, 5.74) is 1.62. The molecule has 0 fully saturated rings. The highest BCUT2D eigenvalue weighted by molar-refractivity contribution is 5.31. The van der Waals surface area contributed by atoms with Crippen molar-refractivity contribution in [1.82, 2.24) is 5.32 Å². The van der Waals surface area contributed by atoms with E-state index in [4.69, 9.17) is 4.74 Å². The van der Waals surface area contributed by atoms with E-state index in [2.05, 4.69) is 71.1 Å². The van der Waals surface area contributed by atoms with E-state index in [-0.39, 0.29) is 11.5 Å². The molecule has 1 rings (SSSR count). The fourth-order valence-corrected chi connectivity index (χ4v) is 2.26. The Hall–Kier alpha value is -1.02. The summed E-state index contributed by atoms with van der Waals surface area (Å²) in [5, 5.41) is 3.44. The van der Waals surface area contributed by atoms with Gasteiger partial charge in [-0.3, -0.25) is 0 Å². The van der Waals surface area contributed by atoms with Gasteiger partial charge in [-0.1, -0.05) is 46.8 Å². The molecule has 0 aromatic heterocycles. The number of hydrogen-bond acceptors (Lipinski definition) is 2. The maximum atomic E-state index is 5.99. The molecule has 1 aromatic carbocycles. The molecular weight excluding hydrogens is 258 g/mol. The summed E-state index contributed by atoms with van der Waals surface area (Å²) in [7, 11) is 0. The van der Waals surface area contributed by atoms with Crippen molar-refractivity contribution in [1.29, 1.82) is 0 Å². The van der Waals surface area contributed by atoms with E-state index in [0.29, 0.717) is 6.04 Å². The summed E-state index contributed by atoms with van der Waals surface area (Å²) >= 11 is 0. The summed E-state index contributed by atoms with van der Waals surface area (Å²) in [6.45, 7) is 14.4. The van der Waals surface area contributed by atoms with Crippen LogP contribution in [0.25, 0.3) is 0 Å². The van der Waals surface area contributed by atoms with Crippen LogP contribution in [0.15, 0.2) is 24.3 Å². The van der Waals surface area contributed by atoms with E-state index >= 15 is 0 Å². The quantitative estimate of drug-likeness (QED) is 0.652. The molecule has 2 nitrogen and oxygen atoms in total. The van der Waals surface area contributed by atoms with Crippen LogP contribution in [0.5, 0.6) is 5.75 Å². The highest BCUT2D eigenvalue weighted by atomic mass is 16.5. The highest BCUT2D eigenvalue weighted by Crippen LogP contribution is 2.28. The molecule has 0 radical (unpaired) electrons. The lowest BCUT2D eigenvalue weighted by Gasteiger charge is -2.24. The van der Waals surface area contributed by atoms with E-state index in [1.807, 2.05) is 0 Å². The number of ether oxygens (including phenoxy) is 1. The Morgan fingerprint density at radius 1 is 1.10 bits per heavy atom. The zero-order chi connectivity index (χ0) is 15.9. The van der Waals surface area contributed by atoms with Gasteiger partial charge in [0.2, 0.25) is 0 Å². The van der Waals surface area contributed by atoms with Gasteiger partial charge in [0.1, 0.15) is 5.75 Å². The molecule has 0 spiro atoms. The summed E-state index contributed by atoms with van der Waals surface area (Å²) < 4.78 is 5.99. The van der Waals surface area contributed by atoms with Gasteiger partial charge in [0.05, 0.1) is 6.10 Å². The lowest BCUT2D eigenvalue weighted by atomic mass is 9.82. The zero-order valence-electron chi connectivity index (χ0n) is 14.7. The minimum absolute atomic E-state index is 0.243. The standard InChI is InChI=1S/C19H33NO/c1-7-19(5,6)17-10-12-18(13-11-17)21-16(4)9-8-14-20-15(2)3/h10-13,15-16,20H,7-9,14H2,1-6H3. The summed E-state index contributed by atoms with van der Waals surface area (Å²) in [6, 6.07) is 9.18. The second kappa shape index (κ2) is 8.43. The number of hydrogen-bond donors (Lipinski definition) is 1. The van der Waals surface area contributed by atoms with Crippen LogP contribution in [-0.2, 0) is 5.41 Å². The monoisotopic (exact) mass is 291 g/mol. The van der Waals surface area contributed by atoms with Crippen molar-refractivity contribution in [3.05, 3.63) is 29.8 Å². The van der Waals surface area contributed by atoms with Gasteiger partial charge in [-0.2, -0.15) is 0 Å². The Morgan fingerprint density at radius 2 is 1.71 bits per heavy atom. The Morgan fingerprint density at radius 3 is 2.24 bits per heavy atom. The van der Waals surface area contributed by atoms with E-state index in [1.54, 1.807) is 0 Å². The van der Waals surface area contributed by atoms with E-state index < -0.39 is 0 Å². The first-order valence-electron chi connectivity index (χ1n) is 8.35. The molecule has 1 aromatic rings. The first-order chi connectivity index (χ1) is 9.85. The lowest BCUT2D eigenvalue weighted by Crippen LogP contribution is -2.25. The van der Waals surface area contributed by atoms with E-state index in [1.165, 1.54) is 5.56 Å². The molecule has 0 saturated carbocycles. The van der Waals surface area contributed by atoms with Crippen LogP contribution in [-0.4, -0.2) is 18.7 Å². The SMILES string of the molecule is CCC(C)(C)c1ccc(OC(C)CCCNC(C)C)cc1. The zero-order valence-corrected chi connectivity index (χ0v) is 14.7. The Balaban J connectivity index is 2.41. The molecule has 0 aliphatic heterocycles. The molecule has 0 heterocycles.